The van der Waals surface area contributed by atoms with E-state index in [1.807, 2.05) is 66.9 Å². The number of aromatic nitrogens is 2. The van der Waals surface area contributed by atoms with Crippen LogP contribution in [0.5, 0.6) is 0 Å². The van der Waals surface area contributed by atoms with E-state index in [1.165, 1.54) is 6.08 Å². The lowest BCUT2D eigenvalue weighted by atomic mass is 9.92. The number of carbonyl (C=O) groups excluding carboxylic acids is 2. The third kappa shape index (κ3) is 6.34. The third-order valence-corrected chi connectivity index (χ3v) is 5.36. The van der Waals surface area contributed by atoms with Gasteiger partial charge in [0, 0.05) is 22.5 Å². The molecule has 0 radical (unpaired) electrons. The predicted octanol–water partition coefficient (Wildman–Crippen LogP) is 5.09. The summed E-state index contributed by atoms with van der Waals surface area (Å²) in [5.74, 6) is -0.499. The molecule has 32 heavy (non-hydrogen) atoms. The highest BCUT2D eigenvalue weighted by Gasteiger charge is 2.21. The molecule has 1 N–H and O–H groups in total. The van der Waals surface area contributed by atoms with Crippen molar-refractivity contribution in [2.45, 2.75) is 31.1 Å². The number of esters is 1. The van der Waals surface area contributed by atoms with Crippen LogP contribution in [0.15, 0.2) is 71.6 Å². The van der Waals surface area contributed by atoms with E-state index in [1.54, 1.807) is 22.5 Å². The van der Waals surface area contributed by atoms with E-state index in [0.29, 0.717) is 5.82 Å². The molecule has 166 valence electrons. The van der Waals surface area contributed by atoms with Crippen molar-refractivity contribution in [3.05, 3.63) is 78.0 Å². The molecule has 0 unspecified atom stereocenters. The number of nitrogens with zero attached hydrogens (tertiary/aromatic N) is 2. The van der Waals surface area contributed by atoms with E-state index in [-0.39, 0.29) is 12.0 Å². The number of carbonyl (C=O) groups is 2. The fourth-order valence-corrected chi connectivity index (χ4v) is 3.25. The lowest BCUT2D eigenvalue weighted by Crippen LogP contribution is -2.21. The van der Waals surface area contributed by atoms with E-state index >= 15 is 0 Å². The largest absolute Gasteiger partial charge is 0.452 e. The average molecular weight is 450 g/mol. The van der Waals surface area contributed by atoms with Crippen LogP contribution in [-0.2, 0) is 19.7 Å². The number of nitrogens with one attached hydrogen (secondary N) is 1. The quantitative estimate of drug-likeness (QED) is 0.309. The lowest BCUT2D eigenvalue weighted by Gasteiger charge is -2.14. The van der Waals surface area contributed by atoms with Gasteiger partial charge in [0.05, 0.1) is 11.4 Å². The Morgan fingerprint density at radius 1 is 1.09 bits per heavy atom. The Hall–Kier alpha value is -3.32. The van der Waals surface area contributed by atoms with Crippen molar-refractivity contribution in [3.63, 3.8) is 0 Å². The molecule has 1 aromatic heterocycles. The van der Waals surface area contributed by atoms with Crippen molar-refractivity contribution >= 4 is 35.5 Å². The summed E-state index contributed by atoms with van der Waals surface area (Å²) in [4.78, 5) is 25.6. The van der Waals surface area contributed by atoms with Crippen molar-refractivity contribution in [3.8, 4) is 5.69 Å². The number of thioether (sulfide) groups is 1. The third-order valence-electron chi connectivity index (χ3n) is 4.62. The van der Waals surface area contributed by atoms with Crippen LogP contribution in [0.3, 0.4) is 0 Å². The average Bonchev–Trinajstić information content (AvgIpc) is 3.21. The first-order valence-electron chi connectivity index (χ1n) is 10.2. The number of amides is 1. The van der Waals surface area contributed by atoms with Crippen LogP contribution in [0.2, 0.25) is 0 Å². The van der Waals surface area contributed by atoms with E-state index in [0.717, 1.165) is 21.8 Å². The number of hydrogen-bond donors (Lipinski definition) is 1. The van der Waals surface area contributed by atoms with Gasteiger partial charge in [0.25, 0.3) is 5.91 Å². The number of para-hydroxylation sites is 1. The summed E-state index contributed by atoms with van der Waals surface area (Å²) in [5, 5.41) is 7.46. The molecular weight excluding hydrogens is 422 g/mol. The van der Waals surface area contributed by atoms with Gasteiger partial charge >= 0.3 is 5.97 Å². The highest BCUT2D eigenvalue weighted by atomic mass is 32.2. The summed E-state index contributed by atoms with van der Waals surface area (Å²) < 4.78 is 6.77. The molecule has 0 saturated carbocycles. The van der Waals surface area contributed by atoms with Crippen LogP contribution in [-0.4, -0.2) is 34.5 Å². The maximum absolute atomic E-state index is 12.4. The van der Waals surface area contributed by atoms with Crippen molar-refractivity contribution in [1.82, 2.24) is 9.78 Å². The molecular formula is C25H27N3O3S. The molecule has 0 bridgehead atoms. The van der Waals surface area contributed by atoms with Crippen molar-refractivity contribution in [2.75, 3.05) is 18.2 Å². The van der Waals surface area contributed by atoms with Gasteiger partial charge in [-0.15, -0.1) is 11.8 Å². The fourth-order valence-electron chi connectivity index (χ4n) is 2.85. The molecule has 0 aliphatic heterocycles. The molecule has 0 aliphatic carbocycles. The van der Waals surface area contributed by atoms with E-state index in [2.05, 4.69) is 31.2 Å². The zero-order valence-electron chi connectivity index (χ0n) is 18.7. The first kappa shape index (κ1) is 23.3. The molecule has 3 aromatic rings. The minimum Gasteiger partial charge on any atom is -0.452 e. The normalized spacial score (nSPS) is 11.5. The molecule has 0 aliphatic rings. The minimum atomic E-state index is -0.582. The van der Waals surface area contributed by atoms with Gasteiger partial charge in [-0.2, -0.15) is 5.10 Å². The Kier molecular flexibility index (Phi) is 7.53. The van der Waals surface area contributed by atoms with E-state index < -0.39 is 11.9 Å². The molecule has 1 amide bonds. The number of rotatable bonds is 7. The van der Waals surface area contributed by atoms with Crippen molar-refractivity contribution < 1.29 is 14.3 Å². The Bertz CT molecular complexity index is 1100. The second kappa shape index (κ2) is 10.3. The molecule has 0 saturated heterocycles. The van der Waals surface area contributed by atoms with Gasteiger partial charge in [0.1, 0.15) is 5.82 Å². The summed E-state index contributed by atoms with van der Waals surface area (Å²) in [7, 11) is 0. The van der Waals surface area contributed by atoms with Gasteiger partial charge in [-0.3, -0.25) is 4.79 Å². The van der Waals surface area contributed by atoms with Crippen LogP contribution in [0.1, 0.15) is 32.0 Å². The van der Waals surface area contributed by atoms with Gasteiger partial charge in [-0.25, -0.2) is 9.48 Å². The summed E-state index contributed by atoms with van der Waals surface area (Å²) in [6.07, 6.45) is 4.97. The van der Waals surface area contributed by atoms with Gasteiger partial charge < -0.3 is 10.1 Å². The van der Waals surface area contributed by atoms with Crippen LogP contribution in [0, 0.1) is 0 Å². The zero-order chi connectivity index (χ0) is 23.1. The summed E-state index contributed by atoms with van der Waals surface area (Å²) in [6.45, 7) is 5.77. The molecule has 1 heterocycles. The standard InChI is InChI=1S/C25H27N3O3S/c1-25(2,3)21-16-22(28(27-21)19-8-6-5-7-9-19)26-23(29)17-31-24(30)15-12-18-10-13-20(32-4)14-11-18/h5-16H,17H2,1-4H3,(H,26,29). The Morgan fingerprint density at radius 3 is 2.41 bits per heavy atom. The summed E-state index contributed by atoms with van der Waals surface area (Å²) in [5.41, 5.74) is 2.35. The molecule has 0 spiro atoms. The molecule has 7 heteroatoms. The Morgan fingerprint density at radius 2 is 1.78 bits per heavy atom. The van der Waals surface area contributed by atoms with Crippen LogP contribution < -0.4 is 5.32 Å². The summed E-state index contributed by atoms with van der Waals surface area (Å²) >= 11 is 1.65. The second-order valence-corrected chi connectivity index (χ2v) is 9.05. The number of hydrogen-bond acceptors (Lipinski definition) is 5. The fraction of sp³-hybridized carbons (Fsp3) is 0.240. The van der Waals surface area contributed by atoms with Gasteiger partial charge in [0.2, 0.25) is 0 Å². The van der Waals surface area contributed by atoms with Crippen LogP contribution in [0.4, 0.5) is 5.82 Å². The van der Waals surface area contributed by atoms with Crippen LogP contribution in [0.25, 0.3) is 11.8 Å². The van der Waals surface area contributed by atoms with E-state index in [9.17, 15) is 9.59 Å². The first-order valence-corrected chi connectivity index (χ1v) is 11.4. The smallest absolute Gasteiger partial charge is 0.331 e. The molecule has 0 atom stereocenters. The Balaban J connectivity index is 1.63. The SMILES string of the molecule is CSc1ccc(C=CC(=O)OCC(=O)Nc2cc(C(C)(C)C)nn2-c2ccccc2)cc1. The number of ether oxygens (including phenoxy) is 1. The van der Waals surface area contributed by atoms with Gasteiger partial charge in [0.15, 0.2) is 6.61 Å². The van der Waals surface area contributed by atoms with Crippen LogP contribution >= 0.6 is 11.8 Å². The lowest BCUT2D eigenvalue weighted by molar-refractivity contribution is -0.142. The molecule has 2 aromatic carbocycles. The molecule has 6 nitrogen and oxygen atoms in total. The zero-order valence-corrected chi connectivity index (χ0v) is 19.5. The highest BCUT2D eigenvalue weighted by Crippen LogP contribution is 2.26. The first-order chi connectivity index (χ1) is 15.3. The monoisotopic (exact) mass is 449 g/mol. The molecule has 0 fully saturated rings. The topological polar surface area (TPSA) is 73.2 Å². The van der Waals surface area contributed by atoms with Gasteiger partial charge in [-0.05, 0) is 42.2 Å². The second-order valence-electron chi connectivity index (χ2n) is 8.17. The van der Waals surface area contributed by atoms with Crippen molar-refractivity contribution in [1.29, 1.82) is 0 Å². The number of benzene rings is 2. The highest BCUT2D eigenvalue weighted by molar-refractivity contribution is 7.98. The maximum atomic E-state index is 12.4. The number of anilines is 1. The Labute approximate surface area is 192 Å². The predicted molar refractivity (Wildman–Crippen MR) is 129 cm³/mol. The van der Waals surface area contributed by atoms with Crippen molar-refractivity contribution in [2.24, 2.45) is 0 Å². The van der Waals surface area contributed by atoms with Gasteiger partial charge in [-0.1, -0.05) is 51.1 Å². The summed E-state index contributed by atoms with van der Waals surface area (Å²) in [6, 6.07) is 19.2. The maximum Gasteiger partial charge on any atom is 0.331 e. The molecule has 3 rings (SSSR count). The van der Waals surface area contributed by atoms with E-state index in [4.69, 9.17) is 4.74 Å². The minimum absolute atomic E-state index is 0.190.